The second kappa shape index (κ2) is 7.77. The summed E-state index contributed by atoms with van der Waals surface area (Å²) in [5.74, 6) is 0.373. The Morgan fingerprint density at radius 1 is 1.35 bits per heavy atom. The van der Waals surface area contributed by atoms with Crippen molar-refractivity contribution in [3.63, 3.8) is 0 Å². The highest BCUT2D eigenvalue weighted by molar-refractivity contribution is 7.99. The number of hydrogen-bond donors (Lipinski definition) is 2. The molecule has 0 spiro atoms. The van der Waals surface area contributed by atoms with Gasteiger partial charge in [0.1, 0.15) is 0 Å². The van der Waals surface area contributed by atoms with Crippen LogP contribution in [0.15, 0.2) is 29.4 Å². The zero-order valence-corrected chi connectivity index (χ0v) is 13.9. The predicted molar refractivity (Wildman–Crippen MR) is 88.9 cm³/mol. The quantitative estimate of drug-likeness (QED) is 0.787. The van der Waals surface area contributed by atoms with Crippen molar-refractivity contribution >= 4 is 23.7 Å². The summed E-state index contributed by atoms with van der Waals surface area (Å²) in [6, 6.07) is 7.17. The Hall–Kier alpha value is -2.35. The summed E-state index contributed by atoms with van der Waals surface area (Å²) in [5.41, 5.74) is 7.05. The number of amides is 3. The number of nitrogens with one attached hydrogen (secondary N) is 1. The zero-order chi connectivity index (χ0) is 16.8. The maximum Gasteiger partial charge on any atom is 0.318 e. The average molecular weight is 333 g/mol. The van der Waals surface area contributed by atoms with E-state index in [0.29, 0.717) is 5.16 Å². The molecule has 0 atom stereocenters. The third kappa shape index (κ3) is 4.56. The number of hydrogen-bond acceptors (Lipinski definition) is 5. The van der Waals surface area contributed by atoms with Crippen molar-refractivity contribution in [1.29, 1.82) is 0 Å². The molecule has 2 aromatic rings. The monoisotopic (exact) mass is 333 g/mol. The molecule has 0 saturated carbocycles. The standard InChI is InChI=1S/C15H19N5O2S/c1-3-7-20-13(11-6-4-5-10(2)8-11)18-19-15(20)23-9-12(21)17-14(16)22/h4-6,8H,3,7,9H2,1-2H3,(H3,16,17,21,22). The second-order valence-corrected chi connectivity index (χ2v) is 5.97. The highest BCUT2D eigenvalue weighted by atomic mass is 32.2. The summed E-state index contributed by atoms with van der Waals surface area (Å²) in [4.78, 5) is 22.2. The minimum atomic E-state index is -0.855. The third-order valence-corrected chi connectivity index (χ3v) is 4.00. The number of nitrogens with zero attached hydrogens (tertiary/aromatic N) is 3. The Bertz CT molecular complexity index is 714. The molecule has 3 amide bonds. The van der Waals surface area contributed by atoms with Gasteiger partial charge in [-0.3, -0.25) is 10.1 Å². The number of thioether (sulfide) groups is 1. The van der Waals surface area contributed by atoms with E-state index < -0.39 is 11.9 Å². The average Bonchev–Trinajstić information content (AvgIpc) is 2.88. The van der Waals surface area contributed by atoms with Crippen LogP contribution >= 0.6 is 11.8 Å². The Labute approximate surface area is 138 Å². The van der Waals surface area contributed by atoms with Crippen molar-refractivity contribution < 1.29 is 9.59 Å². The van der Waals surface area contributed by atoms with Crippen LogP contribution in [-0.4, -0.2) is 32.5 Å². The molecule has 1 heterocycles. The first-order valence-electron chi connectivity index (χ1n) is 7.23. The molecule has 0 aliphatic carbocycles. The number of carbonyl (C=O) groups is 2. The minimum absolute atomic E-state index is 0.0542. The lowest BCUT2D eigenvalue weighted by Gasteiger charge is -2.09. The molecular weight excluding hydrogens is 314 g/mol. The van der Waals surface area contributed by atoms with Gasteiger partial charge in [0.15, 0.2) is 11.0 Å². The Kier molecular flexibility index (Phi) is 5.75. The molecule has 0 bridgehead atoms. The summed E-state index contributed by atoms with van der Waals surface area (Å²) >= 11 is 1.23. The normalized spacial score (nSPS) is 10.5. The summed E-state index contributed by atoms with van der Waals surface area (Å²) in [5, 5.41) is 11.1. The van der Waals surface area contributed by atoms with Crippen LogP contribution in [0.25, 0.3) is 11.4 Å². The van der Waals surface area contributed by atoms with Gasteiger partial charge in [0.25, 0.3) is 0 Å². The van der Waals surface area contributed by atoms with Crippen molar-refractivity contribution in [2.45, 2.75) is 32.0 Å². The van der Waals surface area contributed by atoms with Crippen LogP contribution in [0, 0.1) is 6.92 Å². The number of rotatable bonds is 6. The van der Waals surface area contributed by atoms with Crippen LogP contribution in [0.2, 0.25) is 0 Å². The van der Waals surface area contributed by atoms with E-state index in [2.05, 4.69) is 17.1 Å². The fourth-order valence-corrected chi connectivity index (χ4v) is 2.89. The molecule has 23 heavy (non-hydrogen) atoms. The van der Waals surface area contributed by atoms with Crippen molar-refractivity contribution in [3.8, 4) is 11.4 Å². The number of imide groups is 1. The van der Waals surface area contributed by atoms with Crippen molar-refractivity contribution in [2.75, 3.05) is 5.75 Å². The van der Waals surface area contributed by atoms with Crippen molar-refractivity contribution in [3.05, 3.63) is 29.8 Å². The van der Waals surface area contributed by atoms with Crippen molar-refractivity contribution in [1.82, 2.24) is 20.1 Å². The highest BCUT2D eigenvalue weighted by Crippen LogP contribution is 2.24. The van der Waals surface area contributed by atoms with E-state index >= 15 is 0 Å². The molecular formula is C15H19N5O2S. The molecule has 7 nitrogen and oxygen atoms in total. The van der Waals surface area contributed by atoms with Gasteiger partial charge in [-0.25, -0.2) is 4.79 Å². The van der Waals surface area contributed by atoms with Crippen LogP contribution in [-0.2, 0) is 11.3 Å². The van der Waals surface area contributed by atoms with E-state index in [9.17, 15) is 9.59 Å². The molecule has 1 aromatic carbocycles. The van der Waals surface area contributed by atoms with Gasteiger partial charge in [-0.2, -0.15) is 0 Å². The molecule has 122 valence electrons. The Balaban J connectivity index is 2.21. The molecule has 0 radical (unpaired) electrons. The molecule has 1 aromatic heterocycles. The van der Waals surface area contributed by atoms with Crippen LogP contribution in [0.3, 0.4) is 0 Å². The SMILES string of the molecule is CCCn1c(SCC(=O)NC(N)=O)nnc1-c1cccc(C)c1. The first-order valence-corrected chi connectivity index (χ1v) is 8.22. The van der Waals surface area contributed by atoms with E-state index in [4.69, 9.17) is 5.73 Å². The van der Waals surface area contributed by atoms with Gasteiger partial charge in [0.2, 0.25) is 5.91 Å². The highest BCUT2D eigenvalue weighted by Gasteiger charge is 2.15. The largest absolute Gasteiger partial charge is 0.351 e. The van der Waals surface area contributed by atoms with Crippen LogP contribution in [0.1, 0.15) is 18.9 Å². The molecule has 0 aliphatic heterocycles. The number of aromatic nitrogens is 3. The first kappa shape index (κ1) is 17.0. The molecule has 3 N–H and O–H groups in total. The summed E-state index contributed by atoms with van der Waals surface area (Å²) in [6.45, 7) is 4.83. The summed E-state index contributed by atoms with van der Waals surface area (Å²) in [6.07, 6.45) is 0.915. The second-order valence-electron chi connectivity index (χ2n) is 5.03. The third-order valence-electron chi connectivity index (χ3n) is 3.04. The van der Waals surface area contributed by atoms with E-state index in [-0.39, 0.29) is 5.75 Å². The first-order chi connectivity index (χ1) is 11.0. The van der Waals surface area contributed by atoms with E-state index in [1.807, 2.05) is 41.1 Å². The predicted octanol–water partition coefficient (Wildman–Crippen LogP) is 1.95. The van der Waals surface area contributed by atoms with E-state index in [1.165, 1.54) is 11.8 Å². The number of primary amides is 1. The number of urea groups is 1. The van der Waals surface area contributed by atoms with Crippen molar-refractivity contribution in [2.24, 2.45) is 5.73 Å². The molecule has 0 saturated heterocycles. The summed E-state index contributed by atoms with van der Waals surface area (Å²) < 4.78 is 1.98. The lowest BCUT2D eigenvalue weighted by molar-refractivity contribution is -0.117. The van der Waals surface area contributed by atoms with Crippen LogP contribution in [0.4, 0.5) is 4.79 Å². The number of carbonyl (C=O) groups excluding carboxylic acids is 2. The van der Waals surface area contributed by atoms with Gasteiger partial charge >= 0.3 is 6.03 Å². The fraction of sp³-hybridized carbons (Fsp3) is 0.333. The molecule has 0 aliphatic rings. The molecule has 8 heteroatoms. The van der Waals surface area contributed by atoms with Gasteiger partial charge in [0, 0.05) is 12.1 Å². The van der Waals surface area contributed by atoms with E-state index in [0.717, 1.165) is 29.9 Å². The van der Waals surface area contributed by atoms with Gasteiger partial charge in [-0.1, -0.05) is 42.4 Å². The number of benzene rings is 1. The van der Waals surface area contributed by atoms with Gasteiger partial charge < -0.3 is 10.3 Å². The maximum atomic E-state index is 11.5. The van der Waals surface area contributed by atoms with Gasteiger partial charge in [0.05, 0.1) is 5.75 Å². The van der Waals surface area contributed by atoms with Gasteiger partial charge in [-0.15, -0.1) is 10.2 Å². The minimum Gasteiger partial charge on any atom is -0.351 e. The molecule has 0 fully saturated rings. The topological polar surface area (TPSA) is 103 Å². The van der Waals surface area contributed by atoms with Crippen LogP contribution < -0.4 is 11.1 Å². The van der Waals surface area contributed by atoms with E-state index in [1.54, 1.807) is 0 Å². The molecule has 0 unspecified atom stereocenters. The summed E-state index contributed by atoms with van der Waals surface area (Å²) in [7, 11) is 0. The Morgan fingerprint density at radius 2 is 2.13 bits per heavy atom. The maximum absolute atomic E-state index is 11.5. The zero-order valence-electron chi connectivity index (χ0n) is 13.1. The Morgan fingerprint density at radius 3 is 2.78 bits per heavy atom. The fourth-order valence-electron chi connectivity index (χ4n) is 2.12. The molecule has 2 rings (SSSR count). The van der Waals surface area contributed by atoms with Gasteiger partial charge in [-0.05, 0) is 19.4 Å². The lowest BCUT2D eigenvalue weighted by Crippen LogP contribution is -2.36. The number of aryl methyl sites for hydroxylation is 1. The lowest BCUT2D eigenvalue weighted by atomic mass is 10.1. The number of nitrogens with two attached hydrogens (primary N) is 1. The van der Waals surface area contributed by atoms with Crippen LogP contribution in [0.5, 0.6) is 0 Å². The smallest absolute Gasteiger partial charge is 0.318 e.